The summed E-state index contributed by atoms with van der Waals surface area (Å²) < 4.78 is 23.4. The number of amidine groups is 1. The summed E-state index contributed by atoms with van der Waals surface area (Å²) in [6, 6.07) is 14.0. The van der Waals surface area contributed by atoms with E-state index in [9.17, 15) is 8.42 Å². The van der Waals surface area contributed by atoms with Gasteiger partial charge in [0.15, 0.2) is 9.84 Å². The summed E-state index contributed by atoms with van der Waals surface area (Å²) in [4.78, 5) is 12.4. The maximum atomic E-state index is 11.7. The minimum absolute atomic E-state index is 0.368. The maximum absolute atomic E-state index is 11.7. The number of hydrogen-bond donors (Lipinski definition) is 1. The molecular formula is C23H29N5O2S. The number of hydrogen-bond acceptors (Lipinski definition) is 7. The van der Waals surface area contributed by atoms with E-state index in [1.54, 1.807) is 12.1 Å². The maximum Gasteiger partial charge on any atom is 0.175 e. The molecule has 0 amide bonds. The van der Waals surface area contributed by atoms with Gasteiger partial charge in [0.25, 0.3) is 0 Å². The van der Waals surface area contributed by atoms with Gasteiger partial charge < -0.3 is 20.0 Å². The van der Waals surface area contributed by atoms with Crippen LogP contribution in [0.25, 0.3) is 0 Å². The Hall–Kier alpha value is -2.58. The number of aliphatic imine (C=N–C) groups is 1. The standard InChI is InChI=1S/C23H29N5O2S/c1-31(29,30)21-6-4-19(5-7-21)27-12-14-28(15-13-27)23-22-16-20(3-2-18(22)17-25-23)26-10-8-24-9-11-26/h2-7,16,24H,8-15,17H2,1H3. The largest absolute Gasteiger partial charge is 0.369 e. The Morgan fingerprint density at radius 1 is 0.806 bits per heavy atom. The van der Waals surface area contributed by atoms with E-state index in [1.165, 1.54) is 23.1 Å². The number of piperazine rings is 2. The van der Waals surface area contributed by atoms with E-state index in [0.717, 1.165) is 70.4 Å². The monoisotopic (exact) mass is 439 g/mol. The van der Waals surface area contributed by atoms with Crippen molar-refractivity contribution in [2.24, 2.45) is 4.99 Å². The van der Waals surface area contributed by atoms with Gasteiger partial charge in [0.05, 0.1) is 11.4 Å². The minimum atomic E-state index is -3.16. The third-order valence-electron chi connectivity index (χ3n) is 6.42. The summed E-state index contributed by atoms with van der Waals surface area (Å²) in [5.41, 5.74) is 4.95. The lowest BCUT2D eigenvalue weighted by molar-refractivity contribution is 0.386. The normalized spacial score (nSPS) is 19.4. The van der Waals surface area contributed by atoms with E-state index in [4.69, 9.17) is 4.99 Å². The molecule has 0 aromatic heterocycles. The third-order valence-corrected chi connectivity index (χ3v) is 7.55. The molecule has 0 saturated carbocycles. The fourth-order valence-electron chi connectivity index (χ4n) is 4.63. The van der Waals surface area contributed by atoms with Crippen molar-refractivity contribution in [2.45, 2.75) is 11.4 Å². The Kier molecular flexibility index (Phi) is 5.35. The number of sulfone groups is 1. The Balaban J connectivity index is 1.27. The Morgan fingerprint density at radius 2 is 1.42 bits per heavy atom. The first-order valence-corrected chi connectivity index (χ1v) is 12.8. The van der Waals surface area contributed by atoms with Gasteiger partial charge in [0.1, 0.15) is 5.84 Å². The fourth-order valence-corrected chi connectivity index (χ4v) is 5.26. The fraction of sp³-hybridized carbons (Fsp3) is 0.435. The second-order valence-corrected chi connectivity index (χ2v) is 10.5. The van der Waals surface area contributed by atoms with E-state index in [2.05, 4.69) is 38.2 Å². The predicted octanol–water partition coefficient (Wildman–Crippen LogP) is 1.58. The molecule has 2 saturated heterocycles. The molecule has 2 aromatic carbocycles. The number of rotatable bonds is 3. The van der Waals surface area contributed by atoms with Crippen LogP contribution in [0.15, 0.2) is 52.4 Å². The number of anilines is 2. The van der Waals surface area contributed by atoms with Crippen molar-refractivity contribution in [1.82, 2.24) is 10.2 Å². The van der Waals surface area contributed by atoms with Crippen LogP contribution < -0.4 is 15.1 Å². The summed E-state index contributed by atoms with van der Waals surface area (Å²) >= 11 is 0. The van der Waals surface area contributed by atoms with Gasteiger partial charge in [-0.05, 0) is 42.0 Å². The molecule has 0 bridgehead atoms. The second-order valence-electron chi connectivity index (χ2n) is 8.46. The van der Waals surface area contributed by atoms with E-state index in [-0.39, 0.29) is 0 Å². The van der Waals surface area contributed by atoms with Gasteiger partial charge in [-0.1, -0.05) is 6.07 Å². The second kappa shape index (κ2) is 8.16. The van der Waals surface area contributed by atoms with Crippen LogP contribution in [0, 0.1) is 0 Å². The number of nitrogens with zero attached hydrogens (tertiary/aromatic N) is 4. The molecule has 0 unspecified atom stereocenters. The van der Waals surface area contributed by atoms with E-state index >= 15 is 0 Å². The zero-order chi connectivity index (χ0) is 21.4. The van der Waals surface area contributed by atoms with Crippen LogP contribution in [0.3, 0.4) is 0 Å². The van der Waals surface area contributed by atoms with Gasteiger partial charge in [0.2, 0.25) is 0 Å². The molecule has 0 spiro atoms. The van der Waals surface area contributed by atoms with E-state index < -0.39 is 9.84 Å². The van der Waals surface area contributed by atoms with Gasteiger partial charge in [0, 0.05) is 75.6 Å². The minimum Gasteiger partial charge on any atom is -0.369 e. The van der Waals surface area contributed by atoms with Crippen molar-refractivity contribution in [3.8, 4) is 0 Å². The Labute approximate surface area is 184 Å². The van der Waals surface area contributed by atoms with Crippen LogP contribution >= 0.6 is 0 Å². The smallest absolute Gasteiger partial charge is 0.175 e. The number of fused-ring (bicyclic) bond motifs is 1. The highest BCUT2D eigenvalue weighted by atomic mass is 32.2. The lowest BCUT2D eigenvalue weighted by Crippen LogP contribution is -2.48. The van der Waals surface area contributed by atoms with E-state index in [1.807, 2.05) is 12.1 Å². The number of benzene rings is 2. The molecular weight excluding hydrogens is 410 g/mol. The Morgan fingerprint density at radius 3 is 2.10 bits per heavy atom. The van der Waals surface area contributed by atoms with Crippen LogP contribution in [0.1, 0.15) is 11.1 Å². The molecule has 2 aromatic rings. The van der Waals surface area contributed by atoms with Gasteiger partial charge in [-0.3, -0.25) is 4.99 Å². The van der Waals surface area contributed by atoms with E-state index in [0.29, 0.717) is 4.90 Å². The molecule has 0 aliphatic carbocycles. The molecule has 164 valence electrons. The molecule has 1 N–H and O–H groups in total. The summed E-state index contributed by atoms with van der Waals surface area (Å²) in [5, 5.41) is 3.42. The third kappa shape index (κ3) is 4.14. The first kappa shape index (κ1) is 20.3. The van der Waals surface area contributed by atoms with Crippen LogP contribution in [0.2, 0.25) is 0 Å². The summed E-state index contributed by atoms with van der Waals surface area (Å²) in [7, 11) is -3.16. The zero-order valence-electron chi connectivity index (χ0n) is 17.9. The van der Waals surface area contributed by atoms with Gasteiger partial charge in [-0.25, -0.2) is 8.42 Å². The summed E-state index contributed by atoms with van der Waals surface area (Å²) in [6.07, 6.45) is 1.24. The predicted molar refractivity (Wildman–Crippen MR) is 125 cm³/mol. The quantitative estimate of drug-likeness (QED) is 0.783. The molecule has 3 aliphatic rings. The van der Waals surface area contributed by atoms with Crippen molar-refractivity contribution in [1.29, 1.82) is 0 Å². The topological polar surface area (TPSA) is 68.2 Å². The van der Waals surface area contributed by atoms with Crippen molar-refractivity contribution < 1.29 is 8.42 Å². The highest BCUT2D eigenvalue weighted by Crippen LogP contribution is 2.28. The highest BCUT2D eigenvalue weighted by molar-refractivity contribution is 7.90. The van der Waals surface area contributed by atoms with Crippen molar-refractivity contribution >= 4 is 27.0 Å². The molecule has 7 nitrogen and oxygen atoms in total. The first-order valence-electron chi connectivity index (χ1n) is 10.9. The molecule has 3 aliphatic heterocycles. The van der Waals surface area contributed by atoms with Crippen LogP contribution in [-0.4, -0.2) is 77.8 Å². The zero-order valence-corrected chi connectivity index (χ0v) is 18.7. The van der Waals surface area contributed by atoms with Crippen LogP contribution in [0.4, 0.5) is 11.4 Å². The van der Waals surface area contributed by atoms with Crippen LogP contribution in [0.5, 0.6) is 0 Å². The van der Waals surface area contributed by atoms with Crippen molar-refractivity contribution in [2.75, 3.05) is 68.4 Å². The Bertz CT molecular complexity index is 1080. The molecule has 8 heteroatoms. The van der Waals surface area contributed by atoms with Gasteiger partial charge in [-0.2, -0.15) is 0 Å². The van der Waals surface area contributed by atoms with Gasteiger partial charge in [-0.15, -0.1) is 0 Å². The molecule has 2 fully saturated rings. The average molecular weight is 440 g/mol. The lowest BCUT2D eigenvalue weighted by atomic mass is 10.1. The summed E-state index contributed by atoms with van der Waals surface area (Å²) in [6.45, 7) is 8.52. The SMILES string of the molecule is CS(=O)(=O)c1ccc(N2CCN(C3=NCc4ccc(N5CCNCC5)cc43)CC2)cc1. The molecule has 5 rings (SSSR count). The van der Waals surface area contributed by atoms with Gasteiger partial charge >= 0.3 is 0 Å². The summed E-state index contributed by atoms with van der Waals surface area (Å²) in [5.74, 6) is 1.12. The molecule has 0 radical (unpaired) electrons. The van der Waals surface area contributed by atoms with Crippen molar-refractivity contribution in [3.05, 3.63) is 53.6 Å². The number of nitrogens with one attached hydrogen (secondary N) is 1. The molecule has 31 heavy (non-hydrogen) atoms. The first-order chi connectivity index (χ1) is 15.0. The highest BCUT2D eigenvalue weighted by Gasteiger charge is 2.26. The van der Waals surface area contributed by atoms with Crippen LogP contribution in [-0.2, 0) is 16.4 Å². The molecule has 0 atom stereocenters. The van der Waals surface area contributed by atoms with Crippen molar-refractivity contribution in [3.63, 3.8) is 0 Å². The average Bonchev–Trinajstić information content (AvgIpc) is 3.23. The molecule has 3 heterocycles. The lowest BCUT2D eigenvalue weighted by Gasteiger charge is -2.37.